The van der Waals surface area contributed by atoms with Crippen LogP contribution < -0.4 is 4.90 Å². The molecule has 104 valence electrons. The molecule has 0 aromatic carbocycles. The molecule has 0 saturated heterocycles. The molecular formula is C12H18N4O3. The van der Waals surface area contributed by atoms with Gasteiger partial charge in [0.25, 0.3) is 5.91 Å². The number of carbonyl (C=O) groups is 2. The van der Waals surface area contributed by atoms with Crippen molar-refractivity contribution in [2.75, 3.05) is 39.7 Å². The van der Waals surface area contributed by atoms with Crippen LogP contribution in [-0.2, 0) is 9.53 Å². The van der Waals surface area contributed by atoms with Gasteiger partial charge in [-0.25, -0.2) is 0 Å². The Bertz CT molecular complexity index is 445. The Morgan fingerprint density at radius 2 is 1.89 bits per heavy atom. The zero-order valence-corrected chi connectivity index (χ0v) is 11.6. The van der Waals surface area contributed by atoms with E-state index in [0.29, 0.717) is 12.4 Å². The molecule has 0 aliphatic rings. The quantitative estimate of drug-likeness (QED) is 0.708. The van der Waals surface area contributed by atoms with Crippen molar-refractivity contribution in [3.63, 3.8) is 0 Å². The van der Waals surface area contributed by atoms with Crippen LogP contribution in [0.1, 0.15) is 16.9 Å². The number of rotatable bonds is 5. The molecule has 0 aliphatic carbocycles. The van der Waals surface area contributed by atoms with Crippen LogP contribution in [0.25, 0.3) is 0 Å². The third kappa shape index (κ3) is 4.20. The Morgan fingerprint density at radius 3 is 2.37 bits per heavy atom. The summed E-state index contributed by atoms with van der Waals surface area (Å²) >= 11 is 0. The average molecular weight is 266 g/mol. The molecular weight excluding hydrogens is 248 g/mol. The van der Waals surface area contributed by atoms with Gasteiger partial charge in [-0.15, -0.1) is 10.2 Å². The summed E-state index contributed by atoms with van der Waals surface area (Å²) in [6, 6.07) is 3.31. The fourth-order valence-corrected chi connectivity index (χ4v) is 1.35. The molecule has 0 unspecified atom stereocenters. The Kier molecular flexibility index (Phi) is 5.23. The summed E-state index contributed by atoms with van der Waals surface area (Å²) in [6.07, 6.45) is 0.271. The van der Waals surface area contributed by atoms with Crippen molar-refractivity contribution < 1.29 is 14.3 Å². The summed E-state index contributed by atoms with van der Waals surface area (Å²) in [5.41, 5.74) is 0.287. The molecule has 0 fully saturated rings. The molecule has 1 aromatic rings. The van der Waals surface area contributed by atoms with E-state index >= 15 is 0 Å². The number of methoxy groups -OCH3 is 1. The molecule has 7 heteroatoms. The maximum absolute atomic E-state index is 11.6. The highest BCUT2D eigenvalue weighted by molar-refractivity contribution is 5.91. The van der Waals surface area contributed by atoms with E-state index in [4.69, 9.17) is 0 Å². The van der Waals surface area contributed by atoms with E-state index < -0.39 is 0 Å². The summed E-state index contributed by atoms with van der Waals surface area (Å²) in [4.78, 5) is 25.9. The van der Waals surface area contributed by atoms with Gasteiger partial charge in [0, 0.05) is 27.7 Å². The fourth-order valence-electron chi connectivity index (χ4n) is 1.35. The minimum atomic E-state index is -0.279. The first kappa shape index (κ1) is 14.9. The van der Waals surface area contributed by atoms with Crippen molar-refractivity contribution in [2.24, 2.45) is 0 Å². The van der Waals surface area contributed by atoms with Crippen molar-refractivity contribution in [3.05, 3.63) is 17.8 Å². The van der Waals surface area contributed by atoms with E-state index in [1.54, 1.807) is 38.2 Å². The summed E-state index contributed by atoms with van der Waals surface area (Å²) in [7, 11) is 6.45. The van der Waals surface area contributed by atoms with Crippen LogP contribution in [-0.4, -0.2) is 61.8 Å². The Morgan fingerprint density at radius 1 is 1.21 bits per heavy atom. The van der Waals surface area contributed by atoms with Crippen LogP contribution in [0.4, 0.5) is 5.82 Å². The smallest absolute Gasteiger partial charge is 0.307 e. The van der Waals surface area contributed by atoms with Crippen LogP contribution in [0.5, 0.6) is 0 Å². The van der Waals surface area contributed by atoms with E-state index in [1.807, 2.05) is 0 Å². The van der Waals surface area contributed by atoms with Gasteiger partial charge in [0.05, 0.1) is 13.5 Å². The maximum Gasteiger partial charge on any atom is 0.307 e. The van der Waals surface area contributed by atoms with Crippen LogP contribution in [0.15, 0.2) is 12.1 Å². The van der Waals surface area contributed by atoms with Crippen molar-refractivity contribution in [1.29, 1.82) is 0 Å². The Labute approximate surface area is 112 Å². The zero-order valence-electron chi connectivity index (χ0n) is 11.6. The van der Waals surface area contributed by atoms with Gasteiger partial charge in [-0.1, -0.05) is 0 Å². The van der Waals surface area contributed by atoms with Crippen LogP contribution in [0, 0.1) is 0 Å². The minimum Gasteiger partial charge on any atom is -0.469 e. The first-order valence-corrected chi connectivity index (χ1v) is 5.79. The first-order chi connectivity index (χ1) is 8.95. The number of carbonyl (C=O) groups excluding carboxylic acids is 2. The van der Waals surface area contributed by atoms with E-state index in [1.165, 1.54) is 12.0 Å². The molecule has 0 radical (unpaired) electrons. The standard InChI is InChI=1S/C12H18N4O3/c1-15(2)12(18)9-5-6-10(14-13-9)16(3)8-7-11(17)19-4/h5-6H,7-8H2,1-4H3. The van der Waals surface area contributed by atoms with Crippen molar-refractivity contribution >= 4 is 17.7 Å². The largest absolute Gasteiger partial charge is 0.469 e. The van der Waals surface area contributed by atoms with Gasteiger partial charge in [0.2, 0.25) is 0 Å². The van der Waals surface area contributed by atoms with Crippen LogP contribution >= 0.6 is 0 Å². The highest BCUT2D eigenvalue weighted by atomic mass is 16.5. The molecule has 0 atom stereocenters. The van der Waals surface area contributed by atoms with E-state index in [2.05, 4.69) is 14.9 Å². The molecule has 1 amide bonds. The SMILES string of the molecule is COC(=O)CCN(C)c1ccc(C(=O)N(C)C)nn1. The van der Waals surface area contributed by atoms with Gasteiger partial charge < -0.3 is 14.5 Å². The lowest BCUT2D eigenvalue weighted by Gasteiger charge is -2.17. The third-order valence-corrected chi connectivity index (χ3v) is 2.55. The number of esters is 1. The highest BCUT2D eigenvalue weighted by Gasteiger charge is 2.12. The topological polar surface area (TPSA) is 75.6 Å². The fraction of sp³-hybridized carbons (Fsp3) is 0.500. The molecule has 0 bridgehead atoms. The molecule has 0 aliphatic heterocycles. The summed E-state index contributed by atoms with van der Waals surface area (Å²) in [6.45, 7) is 0.475. The highest BCUT2D eigenvalue weighted by Crippen LogP contribution is 2.08. The van der Waals surface area contributed by atoms with Gasteiger partial charge in [0.1, 0.15) is 0 Å². The molecule has 1 rings (SSSR count). The second-order valence-corrected chi connectivity index (χ2v) is 4.22. The van der Waals surface area contributed by atoms with Gasteiger partial charge in [-0.2, -0.15) is 0 Å². The minimum absolute atomic E-state index is 0.198. The lowest BCUT2D eigenvalue weighted by Crippen LogP contribution is -2.25. The Balaban J connectivity index is 2.65. The molecule has 0 spiro atoms. The van der Waals surface area contributed by atoms with E-state index in [-0.39, 0.29) is 24.0 Å². The predicted molar refractivity (Wildman–Crippen MR) is 70.0 cm³/mol. The molecule has 1 aromatic heterocycles. The van der Waals surface area contributed by atoms with Gasteiger partial charge in [-0.3, -0.25) is 9.59 Å². The lowest BCUT2D eigenvalue weighted by molar-refractivity contribution is -0.140. The average Bonchev–Trinajstić information content (AvgIpc) is 2.43. The number of hydrogen-bond donors (Lipinski definition) is 0. The summed E-state index contributed by atoms with van der Waals surface area (Å²) < 4.78 is 4.56. The number of hydrogen-bond acceptors (Lipinski definition) is 6. The summed E-state index contributed by atoms with van der Waals surface area (Å²) in [5.74, 6) is 0.120. The maximum atomic E-state index is 11.6. The van der Waals surface area contributed by atoms with Crippen LogP contribution in [0.3, 0.4) is 0 Å². The van der Waals surface area contributed by atoms with E-state index in [9.17, 15) is 9.59 Å². The van der Waals surface area contributed by atoms with Gasteiger partial charge in [0.15, 0.2) is 11.5 Å². The van der Waals surface area contributed by atoms with Crippen molar-refractivity contribution in [1.82, 2.24) is 15.1 Å². The second-order valence-electron chi connectivity index (χ2n) is 4.22. The molecule has 1 heterocycles. The monoisotopic (exact) mass is 266 g/mol. The van der Waals surface area contributed by atoms with Crippen molar-refractivity contribution in [2.45, 2.75) is 6.42 Å². The number of anilines is 1. The zero-order chi connectivity index (χ0) is 14.4. The molecule has 0 saturated carbocycles. The summed E-state index contributed by atoms with van der Waals surface area (Å²) in [5, 5.41) is 7.83. The molecule has 19 heavy (non-hydrogen) atoms. The lowest BCUT2D eigenvalue weighted by atomic mass is 10.3. The number of amides is 1. The Hall–Kier alpha value is -2.18. The number of aromatic nitrogens is 2. The second kappa shape index (κ2) is 6.67. The van der Waals surface area contributed by atoms with E-state index in [0.717, 1.165) is 0 Å². The van der Waals surface area contributed by atoms with Gasteiger partial charge >= 0.3 is 5.97 Å². The molecule has 0 N–H and O–H groups in total. The number of nitrogens with zero attached hydrogens (tertiary/aromatic N) is 4. The number of ether oxygens (including phenoxy) is 1. The third-order valence-electron chi connectivity index (χ3n) is 2.55. The van der Waals surface area contributed by atoms with Crippen molar-refractivity contribution in [3.8, 4) is 0 Å². The first-order valence-electron chi connectivity index (χ1n) is 5.79. The van der Waals surface area contributed by atoms with Gasteiger partial charge in [-0.05, 0) is 12.1 Å². The normalized spacial score (nSPS) is 9.89. The predicted octanol–water partition coefficient (Wildman–Crippen LogP) is 0.178. The van der Waals surface area contributed by atoms with Crippen LogP contribution in [0.2, 0.25) is 0 Å². The molecule has 7 nitrogen and oxygen atoms in total.